The molecule has 0 aliphatic carbocycles. The summed E-state index contributed by atoms with van der Waals surface area (Å²) in [4.78, 5) is 50.8. The molecule has 9 nitrogen and oxygen atoms in total. The molecule has 0 saturated heterocycles. The highest BCUT2D eigenvalue weighted by Crippen LogP contribution is 2.26. The van der Waals surface area contributed by atoms with Gasteiger partial charge in [0.1, 0.15) is 18.2 Å². The van der Waals surface area contributed by atoms with Crippen LogP contribution in [-0.4, -0.2) is 53.6 Å². The van der Waals surface area contributed by atoms with Gasteiger partial charge in [0.2, 0.25) is 17.7 Å². The van der Waals surface area contributed by atoms with Gasteiger partial charge in [-0.1, -0.05) is 40.7 Å². The maximum atomic E-state index is 13.1. The zero-order valence-corrected chi connectivity index (χ0v) is 19.6. The Morgan fingerprint density at radius 3 is 2.31 bits per heavy atom. The predicted molar refractivity (Wildman–Crippen MR) is 120 cm³/mol. The van der Waals surface area contributed by atoms with Crippen LogP contribution in [0.2, 0.25) is 0 Å². The molecule has 0 radical (unpaired) electrons. The van der Waals surface area contributed by atoms with E-state index in [0.29, 0.717) is 6.42 Å². The lowest BCUT2D eigenvalue weighted by Crippen LogP contribution is -2.53. The van der Waals surface area contributed by atoms with Crippen molar-refractivity contribution in [2.24, 2.45) is 17.8 Å². The maximum Gasteiger partial charge on any atom is 0.329 e. The monoisotopic (exact) mass is 451 g/mol. The van der Waals surface area contributed by atoms with Crippen LogP contribution in [0.25, 0.3) is 0 Å². The molecule has 0 aromatic carbocycles. The molecular weight excluding hydrogens is 414 g/mol. The minimum absolute atomic E-state index is 0.0745. The number of carbonyl (C=O) groups is 4. The second-order valence-electron chi connectivity index (χ2n) is 8.59. The molecular formula is C23H37N3O6. The number of ether oxygens (including phenoxy) is 1. The molecule has 0 aromatic rings. The lowest BCUT2D eigenvalue weighted by atomic mass is 9.86. The molecule has 4 N–H and O–H groups in total. The largest absolute Gasteiger partial charge is 0.460 e. The molecule has 1 rings (SSSR count). The fourth-order valence-corrected chi connectivity index (χ4v) is 3.58. The van der Waals surface area contributed by atoms with Gasteiger partial charge in [0.15, 0.2) is 0 Å². The summed E-state index contributed by atoms with van der Waals surface area (Å²) in [5, 5.41) is 17.3. The van der Waals surface area contributed by atoms with E-state index in [1.165, 1.54) is 13.0 Å². The molecule has 5 atom stereocenters. The normalized spacial score (nSPS) is 27.0. The van der Waals surface area contributed by atoms with Gasteiger partial charge in [-0.05, 0) is 37.7 Å². The summed E-state index contributed by atoms with van der Waals surface area (Å²) >= 11 is 0. The van der Waals surface area contributed by atoms with Gasteiger partial charge in [0, 0.05) is 18.4 Å². The maximum absolute atomic E-state index is 13.1. The summed E-state index contributed by atoms with van der Waals surface area (Å²) in [6.45, 7) is 12.3. The number of rotatable bonds is 6. The van der Waals surface area contributed by atoms with Crippen LogP contribution in [0.4, 0.5) is 0 Å². The van der Waals surface area contributed by atoms with Gasteiger partial charge in [-0.25, -0.2) is 4.79 Å². The van der Waals surface area contributed by atoms with Crippen molar-refractivity contribution in [3.63, 3.8) is 0 Å². The predicted octanol–water partition coefficient (Wildman–Crippen LogP) is 1.18. The van der Waals surface area contributed by atoms with Crippen LogP contribution in [0.5, 0.6) is 0 Å². The number of esters is 1. The third-order valence-corrected chi connectivity index (χ3v) is 5.42. The second-order valence-corrected chi connectivity index (χ2v) is 8.59. The summed E-state index contributed by atoms with van der Waals surface area (Å²) < 4.78 is 5.83. The Morgan fingerprint density at radius 1 is 1.09 bits per heavy atom. The van der Waals surface area contributed by atoms with Crippen LogP contribution in [-0.2, 0) is 23.9 Å². The van der Waals surface area contributed by atoms with Crippen molar-refractivity contribution >= 4 is 23.7 Å². The number of hydrogen-bond donors (Lipinski definition) is 4. The zero-order valence-electron chi connectivity index (χ0n) is 19.6. The molecule has 5 unspecified atom stereocenters. The third-order valence-electron chi connectivity index (χ3n) is 5.42. The number of cyclic esters (lactones) is 1. The lowest BCUT2D eigenvalue weighted by molar-refractivity contribution is -0.162. The quantitative estimate of drug-likeness (QED) is 0.448. The van der Waals surface area contributed by atoms with Gasteiger partial charge in [-0.2, -0.15) is 0 Å². The van der Waals surface area contributed by atoms with Crippen molar-refractivity contribution in [1.29, 1.82) is 0 Å². The third kappa shape index (κ3) is 8.11. The van der Waals surface area contributed by atoms with Crippen LogP contribution in [0, 0.1) is 17.8 Å². The molecule has 0 bridgehead atoms. The lowest BCUT2D eigenvalue weighted by Gasteiger charge is -2.33. The van der Waals surface area contributed by atoms with Crippen molar-refractivity contribution in [2.75, 3.05) is 6.61 Å². The van der Waals surface area contributed by atoms with Crippen LogP contribution in [0.15, 0.2) is 24.4 Å². The molecule has 0 spiro atoms. The molecule has 0 aromatic heterocycles. The number of aliphatic hydroxyl groups excluding tert-OH is 1. The van der Waals surface area contributed by atoms with E-state index in [1.54, 1.807) is 13.8 Å². The van der Waals surface area contributed by atoms with Gasteiger partial charge in [-0.15, -0.1) is 0 Å². The summed E-state index contributed by atoms with van der Waals surface area (Å²) in [5.41, 5.74) is 0.161. The Balaban J connectivity index is 3.42. The molecule has 1 aliphatic heterocycles. The van der Waals surface area contributed by atoms with Crippen LogP contribution >= 0.6 is 0 Å². The van der Waals surface area contributed by atoms with Gasteiger partial charge in [0.25, 0.3) is 0 Å². The minimum Gasteiger partial charge on any atom is -0.460 e. The van der Waals surface area contributed by atoms with E-state index < -0.39 is 47.8 Å². The van der Waals surface area contributed by atoms with E-state index in [1.807, 2.05) is 13.8 Å². The molecule has 3 amide bonds. The van der Waals surface area contributed by atoms with Gasteiger partial charge >= 0.3 is 5.97 Å². The van der Waals surface area contributed by atoms with Gasteiger partial charge in [-0.3, -0.25) is 14.4 Å². The van der Waals surface area contributed by atoms with E-state index >= 15 is 0 Å². The zero-order chi connectivity index (χ0) is 24.4. The number of nitrogens with one attached hydrogen (secondary N) is 3. The first kappa shape index (κ1) is 27.4. The summed E-state index contributed by atoms with van der Waals surface area (Å²) in [5.74, 6) is -3.52. The molecule has 1 heterocycles. The summed E-state index contributed by atoms with van der Waals surface area (Å²) in [6, 6.07) is -1.86. The number of amides is 3. The van der Waals surface area contributed by atoms with Crippen molar-refractivity contribution in [3.05, 3.63) is 24.4 Å². The highest BCUT2D eigenvalue weighted by molar-refractivity contribution is 5.94. The van der Waals surface area contributed by atoms with Crippen LogP contribution < -0.4 is 16.0 Å². The molecule has 0 saturated carbocycles. The minimum atomic E-state index is -0.966. The Bertz CT molecular complexity index is 733. The summed E-state index contributed by atoms with van der Waals surface area (Å²) in [7, 11) is 0. The molecule has 32 heavy (non-hydrogen) atoms. The first-order chi connectivity index (χ1) is 15.0. The van der Waals surface area contributed by atoms with E-state index in [2.05, 4.69) is 22.5 Å². The number of carbonyl (C=O) groups excluding carboxylic acids is 4. The average Bonchev–Trinajstić information content (AvgIpc) is 2.71. The highest BCUT2D eigenvalue weighted by atomic mass is 16.5. The molecule has 180 valence electrons. The van der Waals surface area contributed by atoms with Crippen molar-refractivity contribution in [1.82, 2.24) is 16.0 Å². The second kappa shape index (κ2) is 13.0. The smallest absolute Gasteiger partial charge is 0.329 e. The first-order valence-electron chi connectivity index (χ1n) is 11.1. The SMILES string of the molecule is C=C1C=CC(=O)NC(C)C(=O)NC(C(C)C)C(=O)OC(C(C)CCC)C(CCO)C(=O)N1. The van der Waals surface area contributed by atoms with E-state index in [4.69, 9.17) is 4.74 Å². The standard InChI is InChI=1S/C23H37N3O6/c1-7-8-14(4)20-17(11-12-27)22(30)24-15(5)9-10-18(28)25-16(6)21(29)26-19(13(2)3)23(31)32-20/h9-10,13-14,16-17,19-20,27H,5,7-8,11-12H2,1-4,6H3,(H,24,30)(H,25,28)(H,26,29). The van der Waals surface area contributed by atoms with E-state index in [0.717, 1.165) is 12.5 Å². The first-order valence-corrected chi connectivity index (χ1v) is 11.1. The molecule has 0 fully saturated rings. The van der Waals surface area contributed by atoms with Crippen LogP contribution in [0.1, 0.15) is 53.9 Å². The van der Waals surface area contributed by atoms with E-state index in [-0.39, 0.29) is 30.6 Å². The molecule has 9 heteroatoms. The van der Waals surface area contributed by atoms with Crippen LogP contribution in [0.3, 0.4) is 0 Å². The topological polar surface area (TPSA) is 134 Å². The number of hydrogen-bond acceptors (Lipinski definition) is 6. The summed E-state index contributed by atoms with van der Waals surface area (Å²) in [6.07, 6.45) is 3.25. The molecule has 1 aliphatic rings. The fourth-order valence-electron chi connectivity index (χ4n) is 3.58. The number of aliphatic hydroxyl groups is 1. The van der Waals surface area contributed by atoms with E-state index in [9.17, 15) is 24.3 Å². The Kier molecular flexibility index (Phi) is 11.1. The average molecular weight is 452 g/mol. The number of allylic oxidation sites excluding steroid dienone is 1. The Hall–Kier alpha value is -2.68. The Morgan fingerprint density at radius 2 is 1.75 bits per heavy atom. The van der Waals surface area contributed by atoms with Crippen molar-refractivity contribution < 1.29 is 29.0 Å². The van der Waals surface area contributed by atoms with Crippen molar-refractivity contribution in [3.8, 4) is 0 Å². The van der Waals surface area contributed by atoms with Gasteiger partial charge in [0.05, 0.1) is 5.92 Å². The van der Waals surface area contributed by atoms with Crippen molar-refractivity contribution in [2.45, 2.75) is 72.1 Å². The Labute approximate surface area is 190 Å². The fraction of sp³-hybridized carbons (Fsp3) is 0.652. The highest BCUT2D eigenvalue weighted by Gasteiger charge is 2.38. The van der Waals surface area contributed by atoms with Gasteiger partial charge < -0.3 is 25.8 Å².